The van der Waals surface area contributed by atoms with Gasteiger partial charge < -0.3 is 5.11 Å². The number of piperazine rings is 1. The molecule has 3 aromatic rings. The summed E-state index contributed by atoms with van der Waals surface area (Å²) in [5.41, 5.74) is 5.51. The van der Waals surface area contributed by atoms with Crippen LogP contribution in [0.3, 0.4) is 0 Å². The lowest BCUT2D eigenvalue weighted by atomic mass is 10.0. The summed E-state index contributed by atoms with van der Waals surface area (Å²) in [4.78, 5) is 20.8. The molecule has 0 bridgehead atoms. The molecular formula is C27H31N3O2. The van der Waals surface area contributed by atoms with E-state index in [-0.39, 0.29) is 5.78 Å². The van der Waals surface area contributed by atoms with Crippen molar-refractivity contribution >= 4 is 5.78 Å². The van der Waals surface area contributed by atoms with Crippen molar-refractivity contribution in [2.24, 2.45) is 0 Å². The molecule has 1 aromatic heterocycles. The van der Waals surface area contributed by atoms with Crippen LogP contribution >= 0.6 is 0 Å². The van der Waals surface area contributed by atoms with E-state index in [0.29, 0.717) is 17.6 Å². The van der Waals surface area contributed by atoms with E-state index < -0.39 is 6.61 Å². The van der Waals surface area contributed by atoms with Gasteiger partial charge in [-0.1, -0.05) is 42.5 Å². The number of benzene rings is 2. The number of aromatic nitrogens is 1. The Morgan fingerprint density at radius 1 is 0.906 bits per heavy atom. The summed E-state index contributed by atoms with van der Waals surface area (Å²) in [6, 6.07) is 21.4. The van der Waals surface area contributed by atoms with Gasteiger partial charge in [-0.25, -0.2) is 0 Å². The van der Waals surface area contributed by atoms with Gasteiger partial charge in [-0.15, -0.1) is 0 Å². The third-order valence-corrected chi connectivity index (χ3v) is 6.31. The van der Waals surface area contributed by atoms with Crippen LogP contribution in [0.4, 0.5) is 0 Å². The monoisotopic (exact) mass is 429 g/mol. The van der Waals surface area contributed by atoms with Gasteiger partial charge in [-0.2, -0.15) is 0 Å². The topological polar surface area (TPSA) is 56.7 Å². The third-order valence-electron chi connectivity index (χ3n) is 6.31. The molecule has 2 aromatic carbocycles. The van der Waals surface area contributed by atoms with Gasteiger partial charge in [0.05, 0.1) is 0 Å². The molecule has 32 heavy (non-hydrogen) atoms. The number of Topliss-reactive ketones (excluding diaryl/α,β-unsaturated/α-hetero) is 1. The number of nitrogens with zero attached hydrogens (tertiary/aromatic N) is 3. The SMILES string of the molecule is C[C@@H]1CN(Cc2ccc(C(=O)CO)cc2)C[C@H](C)N1Cc1cccc(-c2ccncc2)c1. The van der Waals surface area contributed by atoms with Crippen LogP contribution in [-0.4, -0.2) is 57.5 Å². The molecule has 1 aliphatic heterocycles. The van der Waals surface area contributed by atoms with Crippen LogP contribution < -0.4 is 0 Å². The van der Waals surface area contributed by atoms with Crippen LogP contribution in [-0.2, 0) is 13.1 Å². The average molecular weight is 430 g/mol. The molecule has 0 radical (unpaired) electrons. The Labute approximate surface area is 190 Å². The standard InChI is InChI=1S/C27H31N3O2/c1-20-15-29(17-22-6-8-25(9-7-22)27(32)19-31)16-21(2)30(20)18-23-4-3-5-26(14-23)24-10-12-28-13-11-24/h3-14,20-21,31H,15-19H2,1-2H3/t20-,21+. The Balaban J connectivity index is 1.39. The molecule has 1 aliphatic rings. The van der Waals surface area contributed by atoms with Crippen molar-refractivity contribution in [1.29, 1.82) is 0 Å². The first kappa shape index (κ1) is 22.3. The number of carbonyl (C=O) groups excluding carboxylic acids is 1. The number of aliphatic hydroxyl groups is 1. The Kier molecular flexibility index (Phi) is 7.10. The molecule has 0 aliphatic carbocycles. The Morgan fingerprint density at radius 2 is 1.59 bits per heavy atom. The van der Waals surface area contributed by atoms with Gasteiger partial charge >= 0.3 is 0 Å². The summed E-state index contributed by atoms with van der Waals surface area (Å²) in [7, 11) is 0. The molecule has 166 valence electrons. The zero-order valence-corrected chi connectivity index (χ0v) is 18.8. The quantitative estimate of drug-likeness (QED) is 0.575. The first-order chi connectivity index (χ1) is 15.5. The first-order valence-corrected chi connectivity index (χ1v) is 11.2. The molecule has 2 atom stereocenters. The second kappa shape index (κ2) is 10.2. The number of hydrogen-bond acceptors (Lipinski definition) is 5. The van der Waals surface area contributed by atoms with Crippen LogP contribution in [0.25, 0.3) is 11.1 Å². The lowest BCUT2D eigenvalue weighted by Crippen LogP contribution is -2.55. The van der Waals surface area contributed by atoms with Crippen molar-refractivity contribution in [2.75, 3.05) is 19.7 Å². The first-order valence-electron chi connectivity index (χ1n) is 11.2. The summed E-state index contributed by atoms with van der Waals surface area (Å²) in [5.74, 6) is -0.236. The number of carbonyl (C=O) groups is 1. The van der Waals surface area contributed by atoms with Gasteiger partial charge in [-0.05, 0) is 54.3 Å². The van der Waals surface area contributed by atoms with Gasteiger partial charge in [0.25, 0.3) is 0 Å². The van der Waals surface area contributed by atoms with Crippen molar-refractivity contribution in [2.45, 2.75) is 39.0 Å². The maximum absolute atomic E-state index is 11.6. The molecule has 1 N–H and O–H groups in total. The molecule has 0 saturated carbocycles. The fourth-order valence-electron chi connectivity index (χ4n) is 4.66. The highest BCUT2D eigenvalue weighted by Crippen LogP contribution is 2.24. The minimum Gasteiger partial charge on any atom is -0.388 e. The third kappa shape index (κ3) is 5.30. The molecule has 0 amide bonds. The zero-order valence-electron chi connectivity index (χ0n) is 18.8. The van der Waals surface area contributed by atoms with Crippen LogP contribution in [0.1, 0.15) is 35.3 Å². The molecule has 5 nitrogen and oxygen atoms in total. The minimum atomic E-state index is -0.443. The fourth-order valence-corrected chi connectivity index (χ4v) is 4.66. The van der Waals surface area contributed by atoms with Gasteiger partial charge in [0.1, 0.15) is 6.61 Å². The number of pyridine rings is 1. The summed E-state index contributed by atoms with van der Waals surface area (Å²) in [6.45, 7) is 7.98. The molecule has 4 rings (SSSR count). The number of ketones is 1. The second-order valence-corrected chi connectivity index (χ2v) is 8.78. The van der Waals surface area contributed by atoms with Crippen molar-refractivity contribution in [1.82, 2.24) is 14.8 Å². The lowest BCUT2D eigenvalue weighted by molar-refractivity contribution is 0.0290. The Morgan fingerprint density at radius 3 is 2.25 bits per heavy atom. The van der Waals surface area contributed by atoms with Crippen LogP contribution in [0.2, 0.25) is 0 Å². The van der Waals surface area contributed by atoms with Crippen LogP contribution in [0.5, 0.6) is 0 Å². The van der Waals surface area contributed by atoms with Crippen LogP contribution in [0, 0.1) is 0 Å². The van der Waals surface area contributed by atoms with Crippen molar-refractivity contribution < 1.29 is 9.90 Å². The second-order valence-electron chi connectivity index (χ2n) is 8.78. The molecule has 0 spiro atoms. The maximum atomic E-state index is 11.6. The predicted octanol–water partition coefficient (Wildman–Crippen LogP) is 4.02. The predicted molar refractivity (Wildman–Crippen MR) is 127 cm³/mol. The largest absolute Gasteiger partial charge is 0.388 e. The Bertz CT molecular complexity index is 1020. The van der Waals surface area contributed by atoms with Gasteiger partial charge in [0.15, 0.2) is 5.78 Å². The van der Waals surface area contributed by atoms with E-state index in [1.54, 1.807) is 0 Å². The summed E-state index contributed by atoms with van der Waals surface area (Å²) < 4.78 is 0. The number of aliphatic hydroxyl groups excluding tert-OH is 1. The van der Waals surface area contributed by atoms with E-state index >= 15 is 0 Å². The van der Waals surface area contributed by atoms with Gasteiger partial charge in [-0.3, -0.25) is 19.6 Å². The van der Waals surface area contributed by atoms with Gasteiger partial charge in [0.2, 0.25) is 0 Å². The van der Waals surface area contributed by atoms with E-state index in [4.69, 9.17) is 5.11 Å². The van der Waals surface area contributed by atoms with Crippen LogP contribution in [0.15, 0.2) is 73.1 Å². The highest BCUT2D eigenvalue weighted by atomic mass is 16.3. The molecule has 1 fully saturated rings. The van der Waals surface area contributed by atoms with Crippen molar-refractivity contribution in [3.63, 3.8) is 0 Å². The van der Waals surface area contributed by atoms with E-state index in [2.05, 4.69) is 65.0 Å². The minimum absolute atomic E-state index is 0.236. The van der Waals surface area contributed by atoms with E-state index in [0.717, 1.165) is 26.2 Å². The summed E-state index contributed by atoms with van der Waals surface area (Å²) in [6.07, 6.45) is 3.67. The molecule has 0 unspecified atom stereocenters. The van der Waals surface area contributed by atoms with E-state index in [1.165, 1.54) is 22.3 Å². The maximum Gasteiger partial charge on any atom is 0.188 e. The lowest BCUT2D eigenvalue weighted by Gasteiger charge is -2.44. The van der Waals surface area contributed by atoms with E-state index in [1.807, 2.05) is 36.7 Å². The van der Waals surface area contributed by atoms with E-state index in [9.17, 15) is 4.79 Å². The molecular weight excluding hydrogens is 398 g/mol. The normalized spacial score (nSPS) is 19.7. The van der Waals surface area contributed by atoms with Crippen molar-refractivity contribution in [3.05, 3.63) is 89.7 Å². The number of hydrogen-bond donors (Lipinski definition) is 1. The summed E-state index contributed by atoms with van der Waals surface area (Å²) in [5, 5.41) is 9.02. The Hall–Kier alpha value is -2.86. The molecule has 2 heterocycles. The van der Waals surface area contributed by atoms with Crippen molar-refractivity contribution in [3.8, 4) is 11.1 Å². The zero-order chi connectivity index (χ0) is 22.5. The smallest absolute Gasteiger partial charge is 0.188 e. The highest BCUT2D eigenvalue weighted by molar-refractivity contribution is 5.96. The summed E-state index contributed by atoms with van der Waals surface area (Å²) >= 11 is 0. The highest BCUT2D eigenvalue weighted by Gasteiger charge is 2.29. The average Bonchev–Trinajstić information content (AvgIpc) is 2.82. The molecule has 1 saturated heterocycles. The molecule has 5 heteroatoms. The fraction of sp³-hybridized carbons (Fsp3) is 0.333. The number of rotatable bonds is 7. The van der Waals surface area contributed by atoms with Gasteiger partial charge in [0, 0.05) is 56.2 Å².